The molecule has 0 N–H and O–H groups in total. The third-order valence-corrected chi connectivity index (χ3v) is 1.95. The van der Waals surface area contributed by atoms with E-state index in [0.29, 0.717) is 5.56 Å². The lowest BCUT2D eigenvalue weighted by molar-refractivity contribution is -0.113. The zero-order valence-electron chi connectivity index (χ0n) is 8.28. The van der Waals surface area contributed by atoms with E-state index in [1.54, 1.807) is 37.3 Å². The van der Waals surface area contributed by atoms with Gasteiger partial charge in [0, 0.05) is 5.56 Å². The minimum absolute atomic E-state index is 0.193. The van der Waals surface area contributed by atoms with Crippen LogP contribution < -0.4 is 0 Å². The van der Waals surface area contributed by atoms with Gasteiger partial charge in [0.15, 0.2) is 11.6 Å². The van der Waals surface area contributed by atoms with E-state index in [4.69, 9.17) is 0 Å². The molecule has 0 saturated carbocycles. The van der Waals surface area contributed by atoms with Gasteiger partial charge in [-0.3, -0.25) is 9.59 Å². The molecule has 1 aromatic rings. The molecule has 0 bridgehead atoms. The molecule has 0 fully saturated rings. The SMILES string of the molecule is C/C=C(\C(C)=O)C(=O)c1ccccc1. The molecule has 0 aliphatic carbocycles. The molecule has 2 nitrogen and oxygen atoms in total. The summed E-state index contributed by atoms with van der Waals surface area (Å²) in [7, 11) is 0. The predicted molar refractivity (Wildman–Crippen MR) is 55.2 cm³/mol. The normalized spacial score (nSPS) is 11.1. The zero-order valence-corrected chi connectivity index (χ0v) is 8.28. The van der Waals surface area contributed by atoms with Crippen LogP contribution in [0.15, 0.2) is 42.0 Å². The molecule has 0 aliphatic rings. The Hall–Kier alpha value is -1.70. The van der Waals surface area contributed by atoms with Crippen LogP contribution in [-0.2, 0) is 4.79 Å². The Morgan fingerprint density at radius 3 is 2.14 bits per heavy atom. The Kier molecular flexibility index (Phi) is 3.35. The van der Waals surface area contributed by atoms with Crippen LogP contribution in [0.1, 0.15) is 24.2 Å². The summed E-state index contributed by atoms with van der Waals surface area (Å²) in [6, 6.07) is 8.80. The number of carbonyl (C=O) groups excluding carboxylic acids is 2. The van der Waals surface area contributed by atoms with Crippen LogP contribution in [0.25, 0.3) is 0 Å². The average molecular weight is 188 g/mol. The molecule has 0 atom stereocenters. The molecule has 0 unspecified atom stereocenters. The fraction of sp³-hybridized carbons (Fsp3) is 0.167. The van der Waals surface area contributed by atoms with Crippen molar-refractivity contribution in [3.63, 3.8) is 0 Å². The second-order valence-electron chi connectivity index (χ2n) is 2.95. The molecule has 0 saturated heterocycles. The molecule has 0 amide bonds. The molecule has 0 spiro atoms. The molecule has 0 radical (unpaired) electrons. The van der Waals surface area contributed by atoms with Crippen molar-refractivity contribution in [2.45, 2.75) is 13.8 Å². The predicted octanol–water partition coefficient (Wildman–Crippen LogP) is 2.40. The first-order chi connectivity index (χ1) is 6.66. The average Bonchev–Trinajstić information content (AvgIpc) is 2.19. The summed E-state index contributed by atoms with van der Waals surface area (Å²) in [6.45, 7) is 3.09. The van der Waals surface area contributed by atoms with Crippen molar-refractivity contribution >= 4 is 11.6 Å². The highest BCUT2D eigenvalue weighted by molar-refractivity contribution is 6.25. The minimum Gasteiger partial charge on any atom is -0.294 e. The van der Waals surface area contributed by atoms with Crippen molar-refractivity contribution in [2.75, 3.05) is 0 Å². The first kappa shape index (κ1) is 10.4. The van der Waals surface area contributed by atoms with E-state index in [1.807, 2.05) is 6.07 Å². The Morgan fingerprint density at radius 1 is 1.14 bits per heavy atom. The van der Waals surface area contributed by atoms with Crippen molar-refractivity contribution in [3.8, 4) is 0 Å². The number of rotatable bonds is 3. The number of ketones is 2. The number of hydrogen-bond donors (Lipinski definition) is 0. The molecule has 0 heterocycles. The van der Waals surface area contributed by atoms with E-state index >= 15 is 0 Å². The molecule has 72 valence electrons. The van der Waals surface area contributed by atoms with Crippen LogP contribution in [0.3, 0.4) is 0 Å². The Labute approximate surface area is 83.3 Å². The maximum absolute atomic E-state index is 11.7. The Balaban J connectivity index is 3.02. The van der Waals surface area contributed by atoms with Crippen LogP contribution in [0.4, 0.5) is 0 Å². The third kappa shape index (κ3) is 2.16. The second-order valence-corrected chi connectivity index (χ2v) is 2.95. The van der Waals surface area contributed by atoms with Gasteiger partial charge in [-0.1, -0.05) is 36.4 Å². The van der Waals surface area contributed by atoms with E-state index in [1.165, 1.54) is 6.92 Å². The van der Waals surface area contributed by atoms with Crippen LogP contribution in [0.5, 0.6) is 0 Å². The molecule has 0 aliphatic heterocycles. The van der Waals surface area contributed by atoms with E-state index < -0.39 is 0 Å². The van der Waals surface area contributed by atoms with E-state index in [9.17, 15) is 9.59 Å². The quantitative estimate of drug-likeness (QED) is 0.316. The Bertz CT molecular complexity index is 375. The molecule has 14 heavy (non-hydrogen) atoms. The molecular weight excluding hydrogens is 176 g/mol. The summed E-state index contributed by atoms with van der Waals surface area (Å²) < 4.78 is 0. The second kappa shape index (κ2) is 4.51. The molecular formula is C12H12O2. The first-order valence-electron chi connectivity index (χ1n) is 4.43. The molecule has 2 heteroatoms. The van der Waals surface area contributed by atoms with Crippen molar-refractivity contribution in [1.29, 1.82) is 0 Å². The summed E-state index contributed by atoms with van der Waals surface area (Å²) in [5.74, 6) is -0.401. The van der Waals surface area contributed by atoms with E-state index in [0.717, 1.165) is 0 Å². The van der Waals surface area contributed by atoms with Gasteiger partial charge in [-0.25, -0.2) is 0 Å². The monoisotopic (exact) mass is 188 g/mol. The highest BCUT2D eigenvalue weighted by atomic mass is 16.1. The fourth-order valence-electron chi connectivity index (χ4n) is 1.24. The van der Waals surface area contributed by atoms with Gasteiger partial charge >= 0.3 is 0 Å². The number of benzene rings is 1. The minimum atomic E-state index is -0.208. The fourth-order valence-corrected chi connectivity index (χ4v) is 1.24. The third-order valence-electron chi connectivity index (χ3n) is 1.95. The summed E-state index contributed by atoms with van der Waals surface area (Å²) in [5, 5.41) is 0. The van der Waals surface area contributed by atoms with Gasteiger partial charge < -0.3 is 0 Å². The van der Waals surface area contributed by atoms with Gasteiger partial charge in [0.05, 0.1) is 5.57 Å². The van der Waals surface area contributed by atoms with Crippen LogP contribution >= 0.6 is 0 Å². The van der Waals surface area contributed by atoms with Crippen molar-refractivity contribution in [1.82, 2.24) is 0 Å². The highest BCUT2D eigenvalue weighted by Crippen LogP contribution is 2.08. The topological polar surface area (TPSA) is 34.1 Å². The molecule has 1 rings (SSSR count). The van der Waals surface area contributed by atoms with Crippen LogP contribution in [-0.4, -0.2) is 11.6 Å². The largest absolute Gasteiger partial charge is 0.294 e. The van der Waals surface area contributed by atoms with Gasteiger partial charge in [-0.15, -0.1) is 0 Å². The Morgan fingerprint density at radius 2 is 1.71 bits per heavy atom. The summed E-state index contributed by atoms with van der Waals surface area (Å²) in [5.41, 5.74) is 0.798. The number of carbonyl (C=O) groups is 2. The lowest BCUT2D eigenvalue weighted by Crippen LogP contribution is -2.09. The van der Waals surface area contributed by atoms with Gasteiger partial charge in [-0.2, -0.15) is 0 Å². The van der Waals surface area contributed by atoms with Crippen LogP contribution in [0, 0.1) is 0 Å². The zero-order chi connectivity index (χ0) is 10.6. The van der Waals surface area contributed by atoms with Crippen molar-refractivity contribution in [2.24, 2.45) is 0 Å². The highest BCUT2D eigenvalue weighted by Gasteiger charge is 2.14. The van der Waals surface area contributed by atoms with Gasteiger partial charge in [-0.05, 0) is 13.8 Å². The number of hydrogen-bond acceptors (Lipinski definition) is 2. The maximum atomic E-state index is 11.7. The smallest absolute Gasteiger partial charge is 0.196 e. The number of Topliss-reactive ketones (excluding diaryl/α,β-unsaturated/α-hetero) is 2. The lowest BCUT2D eigenvalue weighted by atomic mass is 10.0. The van der Waals surface area contributed by atoms with Crippen molar-refractivity contribution in [3.05, 3.63) is 47.5 Å². The standard InChI is InChI=1S/C12H12O2/c1-3-11(9(2)13)12(14)10-7-5-4-6-8-10/h3-8H,1-2H3/b11-3+. The first-order valence-corrected chi connectivity index (χ1v) is 4.43. The number of allylic oxidation sites excluding steroid dienone is 2. The van der Waals surface area contributed by atoms with Crippen molar-refractivity contribution < 1.29 is 9.59 Å². The maximum Gasteiger partial charge on any atom is 0.196 e. The summed E-state index contributed by atoms with van der Waals surface area (Å²) in [6.07, 6.45) is 1.55. The van der Waals surface area contributed by atoms with Gasteiger partial charge in [0.2, 0.25) is 0 Å². The molecule has 0 aromatic heterocycles. The lowest BCUT2D eigenvalue weighted by Gasteiger charge is -2.01. The van der Waals surface area contributed by atoms with E-state index in [-0.39, 0.29) is 17.1 Å². The van der Waals surface area contributed by atoms with Gasteiger partial charge in [0.25, 0.3) is 0 Å². The van der Waals surface area contributed by atoms with Gasteiger partial charge in [0.1, 0.15) is 0 Å². The summed E-state index contributed by atoms with van der Waals surface area (Å²) >= 11 is 0. The summed E-state index contributed by atoms with van der Waals surface area (Å²) in [4.78, 5) is 22.8. The van der Waals surface area contributed by atoms with Crippen LogP contribution in [0.2, 0.25) is 0 Å². The van der Waals surface area contributed by atoms with E-state index in [2.05, 4.69) is 0 Å². The molecule has 1 aromatic carbocycles.